The van der Waals surface area contributed by atoms with Crippen LogP contribution in [0.2, 0.25) is 0 Å². The number of H-pyrrole nitrogens is 1. The Bertz CT molecular complexity index is 1840. The van der Waals surface area contributed by atoms with Crippen LogP contribution >= 0.6 is 0 Å². The monoisotopic (exact) mass is 542 g/mol. The van der Waals surface area contributed by atoms with Crippen LogP contribution in [0, 0.1) is 17.0 Å². The third-order valence-electron chi connectivity index (χ3n) is 6.57. The second kappa shape index (κ2) is 10.5. The lowest BCUT2D eigenvalue weighted by Gasteiger charge is -2.24. The van der Waals surface area contributed by atoms with Crippen molar-refractivity contribution in [1.29, 1.82) is 0 Å². The van der Waals surface area contributed by atoms with E-state index in [0.717, 1.165) is 5.56 Å². The lowest BCUT2D eigenvalue weighted by atomic mass is 9.96. The summed E-state index contributed by atoms with van der Waals surface area (Å²) in [6.45, 7) is 5.33. The van der Waals surface area contributed by atoms with Crippen molar-refractivity contribution in [3.63, 3.8) is 0 Å². The average molecular weight is 543 g/mol. The maximum absolute atomic E-state index is 13.7. The van der Waals surface area contributed by atoms with Crippen LogP contribution in [0.3, 0.4) is 0 Å². The molecule has 0 saturated carbocycles. The number of imidazole rings is 1. The fraction of sp³-hybridized carbons (Fsp3) is 0.207. The number of ether oxygens (including phenoxy) is 2. The highest BCUT2D eigenvalue weighted by atomic mass is 16.6. The molecule has 3 heterocycles. The van der Waals surface area contributed by atoms with Crippen LogP contribution in [0.1, 0.15) is 36.8 Å². The molecule has 0 fully saturated rings. The summed E-state index contributed by atoms with van der Waals surface area (Å²) in [5.74, 6) is 0.652. The minimum absolute atomic E-state index is 0.0783. The van der Waals surface area contributed by atoms with Crippen molar-refractivity contribution in [2.45, 2.75) is 26.8 Å². The van der Waals surface area contributed by atoms with E-state index in [1.54, 1.807) is 76.4 Å². The van der Waals surface area contributed by atoms with E-state index in [9.17, 15) is 19.7 Å². The lowest BCUT2D eigenvalue weighted by molar-refractivity contribution is -0.384. The number of fused-ring (bicyclic) bond motifs is 1. The number of carbonyl (C=O) groups is 1. The zero-order chi connectivity index (χ0) is 28.6. The van der Waals surface area contributed by atoms with Crippen LogP contribution < -0.4 is 21.3 Å². The molecule has 40 heavy (non-hydrogen) atoms. The number of benzene rings is 2. The molecule has 1 N–H and O–H groups in total. The number of carbonyl (C=O) groups excluding carboxylic acids is 1. The number of hydrogen-bond acceptors (Lipinski definition) is 8. The largest absolute Gasteiger partial charge is 0.497 e. The first-order valence-electron chi connectivity index (χ1n) is 12.5. The summed E-state index contributed by atoms with van der Waals surface area (Å²) in [5.41, 5.74) is 2.14. The molecule has 0 bridgehead atoms. The van der Waals surface area contributed by atoms with Crippen molar-refractivity contribution >= 4 is 17.7 Å². The van der Waals surface area contributed by atoms with Crippen LogP contribution in [-0.4, -0.2) is 34.2 Å². The first-order valence-corrected chi connectivity index (χ1v) is 12.5. The number of nitro benzene ring substituents is 1. The number of nitrogens with zero attached hydrogens (tertiary/aromatic N) is 3. The first-order chi connectivity index (χ1) is 19.2. The predicted octanol–water partition coefficient (Wildman–Crippen LogP) is 3.55. The summed E-state index contributed by atoms with van der Waals surface area (Å²) < 4.78 is 17.9. The van der Waals surface area contributed by atoms with Gasteiger partial charge in [-0.15, -0.1) is 0 Å². The van der Waals surface area contributed by atoms with Gasteiger partial charge in [0.1, 0.15) is 22.6 Å². The van der Waals surface area contributed by atoms with Gasteiger partial charge in [0, 0.05) is 12.1 Å². The van der Waals surface area contributed by atoms with Crippen molar-refractivity contribution in [2.24, 2.45) is 4.99 Å². The van der Waals surface area contributed by atoms with Gasteiger partial charge in [0.15, 0.2) is 0 Å². The number of rotatable bonds is 7. The minimum Gasteiger partial charge on any atom is -0.497 e. The Morgan fingerprint density at radius 2 is 1.93 bits per heavy atom. The zero-order valence-corrected chi connectivity index (χ0v) is 22.3. The zero-order valence-electron chi connectivity index (χ0n) is 22.3. The number of aromatic nitrogens is 2. The number of nitro groups is 1. The predicted molar refractivity (Wildman–Crippen MR) is 145 cm³/mol. The third-order valence-corrected chi connectivity index (χ3v) is 6.57. The fourth-order valence-corrected chi connectivity index (χ4v) is 4.71. The summed E-state index contributed by atoms with van der Waals surface area (Å²) in [6.07, 6.45) is 1.50. The third kappa shape index (κ3) is 4.73. The molecule has 0 saturated heterocycles. The topological polar surface area (TPSA) is 142 Å². The van der Waals surface area contributed by atoms with Crippen molar-refractivity contribution in [3.05, 3.63) is 114 Å². The van der Waals surface area contributed by atoms with Crippen molar-refractivity contribution in [2.75, 3.05) is 13.7 Å². The summed E-state index contributed by atoms with van der Waals surface area (Å²) >= 11 is 0. The fourth-order valence-electron chi connectivity index (χ4n) is 4.71. The number of allylic oxidation sites excluding steroid dienone is 1. The van der Waals surface area contributed by atoms with Gasteiger partial charge in [-0.25, -0.2) is 9.79 Å². The number of esters is 1. The molecule has 1 unspecified atom stereocenters. The normalized spacial score (nSPS) is 15.0. The smallest absolute Gasteiger partial charge is 0.338 e. The Morgan fingerprint density at radius 1 is 1.18 bits per heavy atom. The van der Waals surface area contributed by atoms with Gasteiger partial charge in [-0.3, -0.25) is 19.5 Å². The quantitative estimate of drug-likeness (QED) is 0.214. The molecule has 4 aromatic rings. The molecule has 0 aliphatic carbocycles. The number of furan rings is 1. The summed E-state index contributed by atoms with van der Waals surface area (Å²) in [7, 11) is 1.55. The van der Waals surface area contributed by atoms with Crippen molar-refractivity contribution in [3.8, 4) is 17.1 Å². The number of nitrogens with one attached hydrogen (secondary N) is 1. The first kappa shape index (κ1) is 26.4. The van der Waals surface area contributed by atoms with Crippen molar-refractivity contribution < 1.29 is 23.6 Å². The number of hydrogen-bond donors (Lipinski definition) is 1. The van der Waals surface area contributed by atoms with E-state index in [2.05, 4.69) is 9.98 Å². The molecule has 11 nitrogen and oxygen atoms in total. The summed E-state index contributed by atoms with van der Waals surface area (Å²) in [5, 5.41) is 11.7. The molecule has 2 aromatic carbocycles. The second-order valence-corrected chi connectivity index (χ2v) is 9.17. The van der Waals surface area contributed by atoms with E-state index < -0.39 is 22.5 Å². The van der Waals surface area contributed by atoms with Gasteiger partial charge in [-0.05, 0) is 62.2 Å². The molecule has 1 atom stereocenters. The highest BCUT2D eigenvalue weighted by molar-refractivity contribution is 5.91. The Morgan fingerprint density at radius 3 is 2.60 bits per heavy atom. The molecule has 5 rings (SSSR count). The van der Waals surface area contributed by atoms with Crippen LogP contribution in [-0.2, 0) is 9.53 Å². The second-order valence-electron chi connectivity index (χ2n) is 9.17. The van der Waals surface area contributed by atoms with E-state index in [4.69, 9.17) is 13.9 Å². The van der Waals surface area contributed by atoms with Crippen molar-refractivity contribution in [1.82, 2.24) is 9.55 Å². The Kier molecular flexibility index (Phi) is 6.95. The highest BCUT2D eigenvalue weighted by Gasteiger charge is 2.33. The number of methoxy groups -OCH3 is 1. The number of aromatic amines is 1. The maximum atomic E-state index is 13.7. The van der Waals surface area contributed by atoms with Gasteiger partial charge >= 0.3 is 5.97 Å². The minimum atomic E-state index is -0.800. The molecule has 1 aliphatic rings. The molecule has 204 valence electrons. The Balaban J connectivity index is 1.63. The molecule has 0 radical (unpaired) electrons. The summed E-state index contributed by atoms with van der Waals surface area (Å²) in [6, 6.07) is 14.3. The van der Waals surface area contributed by atoms with E-state index in [-0.39, 0.29) is 34.6 Å². The maximum Gasteiger partial charge on any atom is 0.338 e. The van der Waals surface area contributed by atoms with Crippen LogP contribution in [0.15, 0.2) is 80.1 Å². The Hall–Kier alpha value is -5.19. The molecular formula is C29H26N4O7. The van der Waals surface area contributed by atoms with Crippen LogP contribution in [0.5, 0.6) is 5.75 Å². The standard InChI is InChI=1S/C29H26N4O7/c1-5-39-28(35)25-17(3)30-29-31-22(27(34)32(29)26(25)18-7-9-19(38-4)10-8-18)15-20-11-13-24(40-20)21-12-6-16(2)14-23(21)33(36)37/h6-15,26H,5H2,1-4H3,(H,30,31). The highest BCUT2D eigenvalue weighted by Crippen LogP contribution is 2.33. The van der Waals surface area contributed by atoms with Gasteiger partial charge in [0.2, 0.25) is 5.62 Å². The van der Waals surface area contributed by atoms with Gasteiger partial charge in [-0.2, -0.15) is 0 Å². The van der Waals surface area contributed by atoms with E-state index >= 15 is 0 Å². The average Bonchev–Trinajstić information content (AvgIpc) is 3.52. The molecular weight excluding hydrogens is 516 g/mol. The van der Waals surface area contributed by atoms with Gasteiger partial charge in [0.25, 0.3) is 11.2 Å². The molecule has 1 aliphatic heterocycles. The van der Waals surface area contributed by atoms with E-state index in [1.165, 1.54) is 16.7 Å². The van der Waals surface area contributed by atoms with Gasteiger partial charge < -0.3 is 18.9 Å². The Labute approximate surface area is 227 Å². The SMILES string of the molecule is CCOC(=O)C1=C(C)N=c2[nH]c(=Cc3ccc(-c4ccc(C)cc4[N+](=O)[O-])o3)c(=O)n2C1c1ccc(OC)cc1. The molecule has 0 spiro atoms. The van der Waals surface area contributed by atoms with E-state index in [0.29, 0.717) is 28.3 Å². The van der Waals surface area contributed by atoms with Crippen LogP contribution in [0.25, 0.3) is 17.4 Å². The lowest BCUT2D eigenvalue weighted by Crippen LogP contribution is -2.40. The van der Waals surface area contributed by atoms with Gasteiger partial charge in [-0.1, -0.05) is 18.2 Å². The summed E-state index contributed by atoms with van der Waals surface area (Å²) in [4.78, 5) is 45.4. The molecule has 2 aromatic heterocycles. The van der Waals surface area contributed by atoms with Gasteiger partial charge in [0.05, 0.1) is 41.5 Å². The molecule has 11 heteroatoms. The van der Waals surface area contributed by atoms with E-state index in [1.807, 2.05) is 0 Å². The number of aryl methyl sites for hydroxylation is 1. The molecule has 0 amide bonds. The van der Waals surface area contributed by atoms with Crippen LogP contribution in [0.4, 0.5) is 5.69 Å².